The number of H-pyrrole nitrogens is 1. The molecule has 138 valence electrons. The Bertz CT molecular complexity index is 923. The Morgan fingerprint density at radius 2 is 2.07 bits per heavy atom. The molecule has 0 fully saturated rings. The first-order valence-corrected chi connectivity index (χ1v) is 8.97. The maximum absolute atomic E-state index is 12.7. The van der Waals surface area contributed by atoms with Crippen molar-refractivity contribution in [2.75, 3.05) is 13.2 Å². The van der Waals surface area contributed by atoms with Crippen LogP contribution in [0.4, 0.5) is 0 Å². The molecule has 1 aromatic heterocycles. The topological polar surface area (TPSA) is 78.5 Å². The minimum Gasteiger partial charge on any atom is -0.508 e. The number of benzene rings is 2. The standard InChI is InChI=1S/C21H21N3O3/c25-16-6-4-5-15(11-16)18-12-24(13-19-21(18)23-14-22-19)20(26)9-10-27-17-7-2-1-3-8-17/h1-8,11,14,18,25H,9-10,12-13H2,(H,22,23). The number of hydrogen-bond acceptors (Lipinski definition) is 4. The Morgan fingerprint density at radius 3 is 2.89 bits per heavy atom. The Balaban J connectivity index is 1.45. The van der Waals surface area contributed by atoms with Crippen LogP contribution >= 0.6 is 0 Å². The molecule has 1 aliphatic rings. The quantitative estimate of drug-likeness (QED) is 0.730. The summed E-state index contributed by atoms with van der Waals surface area (Å²) in [6.07, 6.45) is 1.97. The zero-order chi connectivity index (χ0) is 18.6. The highest BCUT2D eigenvalue weighted by atomic mass is 16.5. The lowest BCUT2D eigenvalue weighted by Crippen LogP contribution is -2.39. The molecule has 27 heavy (non-hydrogen) atoms. The molecule has 3 aromatic rings. The second kappa shape index (κ2) is 7.53. The van der Waals surface area contributed by atoms with E-state index in [1.165, 1.54) is 0 Å². The minimum atomic E-state index is -0.0638. The Kier molecular flexibility index (Phi) is 4.78. The molecule has 2 N–H and O–H groups in total. The zero-order valence-electron chi connectivity index (χ0n) is 14.8. The Morgan fingerprint density at radius 1 is 1.22 bits per heavy atom. The summed E-state index contributed by atoms with van der Waals surface area (Å²) in [7, 11) is 0. The lowest BCUT2D eigenvalue weighted by molar-refractivity contribution is -0.132. The van der Waals surface area contributed by atoms with Crippen LogP contribution in [0.1, 0.15) is 29.3 Å². The van der Waals surface area contributed by atoms with E-state index in [0.29, 0.717) is 26.1 Å². The fourth-order valence-electron chi connectivity index (χ4n) is 3.45. The van der Waals surface area contributed by atoms with Gasteiger partial charge in [-0.25, -0.2) is 4.98 Å². The molecule has 0 saturated carbocycles. The summed E-state index contributed by atoms with van der Waals surface area (Å²) < 4.78 is 5.65. The van der Waals surface area contributed by atoms with Crippen LogP contribution in [0.5, 0.6) is 11.5 Å². The number of rotatable bonds is 5. The molecule has 0 bridgehead atoms. The number of imidazole rings is 1. The number of ether oxygens (including phenoxy) is 1. The molecule has 0 spiro atoms. The average molecular weight is 363 g/mol. The number of phenolic OH excluding ortho intramolecular Hbond substituents is 1. The third kappa shape index (κ3) is 3.79. The van der Waals surface area contributed by atoms with Gasteiger partial charge in [0.05, 0.1) is 37.3 Å². The lowest BCUT2D eigenvalue weighted by Gasteiger charge is -2.32. The predicted molar refractivity (Wildman–Crippen MR) is 101 cm³/mol. The summed E-state index contributed by atoms with van der Waals surface area (Å²) in [5.74, 6) is 0.948. The van der Waals surface area contributed by atoms with Crippen LogP contribution in [-0.4, -0.2) is 39.0 Å². The molecule has 1 amide bonds. The molecule has 2 heterocycles. The van der Waals surface area contributed by atoms with Gasteiger partial charge in [-0.2, -0.15) is 0 Å². The third-order valence-electron chi connectivity index (χ3n) is 4.79. The van der Waals surface area contributed by atoms with E-state index in [1.807, 2.05) is 47.4 Å². The number of aromatic nitrogens is 2. The molecule has 6 heteroatoms. The fraction of sp³-hybridized carbons (Fsp3) is 0.238. The van der Waals surface area contributed by atoms with Crippen molar-refractivity contribution in [3.63, 3.8) is 0 Å². The summed E-state index contributed by atoms with van der Waals surface area (Å²) in [5.41, 5.74) is 2.82. The number of carbonyl (C=O) groups is 1. The van der Waals surface area contributed by atoms with Gasteiger partial charge in [0.1, 0.15) is 11.5 Å². The summed E-state index contributed by atoms with van der Waals surface area (Å²) in [5, 5.41) is 9.82. The largest absolute Gasteiger partial charge is 0.508 e. The summed E-state index contributed by atoms with van der Waals surface area (Å²) in [6, 6.07) is 16.6. The summed E-state index contributed by atoms with van der Waals surface area (Å²) in [6.45, 7) is 1.38. The van der Waals surface area contributed by atoms with Crippen molar-refractivity contribution in [1.29, 1.82) is 0 Å². The SMILES string of the molecule is O=C(CCOc1ccccc1)N1Cc2[nH]cnc2C(c2cccc(O)c2)C1. The number of phenols is 1. The molecule has 1 unspecified atom stereocenters. The molecule has 1 aliphatic heterocycles. The van der Waals surface area contributed by atoms with Crippen LogP contribution in [-0.2, 0) is 11.3 Å². The first kappa shape index (κ1) is 17.1. The molecule has 4 rings (SSSR count). The Hall–Kier alpha value is -3.28. The van der Waals surface area contributed by atoms with Crippen LogP contribution in [0, 0.1) is 0 Å². The van der Waals surface area contributed by atoms with Gasteiger partial charge in [0, 0.05) is 12.5 Å². The number of aromatic hydroxyl groups is 1. The highest BCUT2D eigenvalue weighted by Gasteiger charge is 2.31. The van der Waals surface area contributed by atoms with E-state index in [-0.39, 0.29) is 17.6 Å². The summed E-state index contributed by atoms with van der Waals surface area (Å²) in [4.78, 5) is 22.1. The van der Waals surface area contributed by atoms with Crippen molar-refractivity contribution >= 4 is 5.91 Å². The normalized spacial score (nSPS) is 16.0. The van der Waals surface area contributed by atoms with Crippen molar-refractivity contribution in [2.45, 2.75) is 18.9 Å². The second-order valence-corrected chi connectivity index (χ2v) is 6.60. The number of nitrogens with zero attached hydrogens (tertiary/aromatic N) is 2. The monoisotopic (exact) mass is 363 g/mol. The molecule has 1 atom stereocenters. The van der Waals surface area contributed by atoms with E-state index in [0.717, 1.165) is 22.7 Å². The molecule has 6 nitrogen and oxygen atoms in total. The predicted octanol–water partition coefficient (Wildman–Crippen LogP) is 3.06. The van der Waals surface area contributed by atoms with E-state index >= 15 is 0 Å². The number of aromatic amines is 1. The van der Waals surface area contributed by atoms with Gasteiger partial charge in [-0.1, -0.05) is 30.3 Å². The van der Waals surface area contributed by atoms with Gasteiger partial charge >= 0.3 is 0 Å². The van der Waals surface area contributed by atoms with Crippen molar-refractivity contribution in [2.24, 2.45) is 0 Å². The highest BCUT2D eigenvalue weighted by Crippen LogP contribution is 2.33. The number of amides is 1. The number of para-hydroxylation sites is 1. The van der Waals surface area contributed by atoms with Crippen molar-refractivity contribution in [1.82, 2.24) is 14.9 Å². The van der Waals surface area contributed by atoms with Gasteiger partial charge in [0.15, 0.2) is 0 Å². The van der Waals surface area contributed by atoms with Crippen LogP contribution < -0.4 is 4.74 Å². The number of carbonyl (C=O) groups excluding carboxylic acids is 1. The lowest BCUT2D eigenvalue weighted by atomic mass is 9.90. The van der Waals surface area contributed by atoms with Crippen molar-refractivity contribution < 1.29 is 14.6 Å². The van der Waals surface area contributed by atoms with Gasteiger partial charge < -0.3 is 19.7 Å². The van der Waals surface area contributed by atoms with E-state index in [4.69, 9.17) is 4.74 Å². The molecular formula is C21H21N3O3. The third-order valence-corrected chi connectivity index (χ3v) is 4.79. The summed E-state index contributed by atoms with van der Waals surface area (Å²) >= 11 is 0. The van der Waals surface area contributed by atoms with Crippen LogP contribution in [0.25, 0.3) is 0 Å². The minimum absolute atomic E-state index is 0.0383. The fourth-order valence-corrected chi connectivity index (χ4v) is 3.45. The smallest absolute Gasteiger partial charge is 0.226 e. The molecular weight excluding hydrogens is 342 g/mol. The highest BCUT2D eigenvalue weighted by molar-refractivity contribution is 5.76. The van der Waals surface area contributed by atoms with E-state index in [1.54, 1.807) is 18.5 Å². The van der Waals surface area contributed by atoms with Crippen LogP contribution in [0.2, 0.25) is 0 Å². The number of nitrogens with one attached hydrogen (secondary N) is 1. The van der Waals surface area contributed by atoms with Crippen molar-refractivity contribution in [3.8, 4) is 11.5 Å². The number of fused-ring (bicyclic) bond motifs is 1. The van der Waals surface area contributed by atoms with E-state index in [9.17, 15) is 9.90 Å². The first-order valence-electron chi connectivity index (χ1n) is 8.97. The molecule has 0 saturated heterocycles. The second-order valence-electron chi connectivity index (χ2n) is 6.60. The van der Waals surface area contributed by atoms with Gasteiger partial charge in [-0.15, -0.1) is 0 Å². The van der Waals surface area contributed by atoms with Gasteiger partial charge in [0.25, 0.3) is 0 Å². The van der Waals surface area contributed by atoms with E-state index < -0.39 is 0 Å². The maximum Gasteiger partial charge on any atom is 0.226 e. The van der Waals surface area contributed by atoms with E-state index in [2.05, 4.69) is 9.97 Å². The Labute approximate surface area is 157 Å². The van der Waals surface area contributed by atoms with Gasteiger partial charge in [-0.3, -0.25) is 4.79 Å². The molecule has 2 aromatic carbocycles. The van der Waals surface area contributed by atoms with Crippen LogP contribution in [0.3, 0.4) is 0 Å². The molecule has 0 aliphatic carbocycles. The van der Waals surface area contributed by atoms with Crippen LogP contribution in [0.15, 0.2) is 60.9 Å². The van der Waals surface area contributed by atoms with Crippen molar-refractivity contribution in [3.05, 3.63) is 77.9 Å². The maximum atomic E-state index is 12.7. The van der Waals surface area contributed by atoms with Gasteiger partial charge in [-0.05, 0) is 29.8 Å². The average Bonchev–Trinajstić information content (AvgIpc) is 3.16. The number of hydrogen-bond donors (Lipinski definition) is 2. The van der Waals surface area contributed by atoms with Gasteiger partial charge in [0.2, 0.25) is 5.91 Å². The molecule has 0 radical (unpaired) electrons. The zero-order valence-corrected chi connectivity index (χ0v) is 14.8. The first-order chi connectivity index (χ1) is 13.2.